The standard InChI is InChI=1S/C12H18N6S/c1-3-14-9-6-10(18-12(13)17-9)15-5-4-11-16-8(2)7-19-11/h6-7H,3-5H2,1-2H3,(H4,13,14,15,17,18). The number of anilines is 3. The van der Waals surface area contributed by atoms with E-state index in [0.29, 0.717) is 0 Å². The topological polar surface area (TPSA) is 88.8 Å². The molecular formula is C12H18N6S. The molecule has 0 fully saturated rings. The molecule has 0 spiro atoms. The van der Waals surface area contributed by atoms with Crippen molar-refractivity contribution in [3.05, 3.63) is 22.1 Å². The van der Waals surface area contributed by atoms with Gasteiger partial charge in [-0.2, -0.15) is 9.97 Å². The summed E-state index contributed by atoms with van der Waals surface area (Å²) in [5, 5.41) is 9.54. The predicted molar refractivity (Wildman–Crippen MR) is 79.7 cm³/mol. The van der Waals surface area contributed by atoms with Crippen molar-refractivity contribution in [2.24, 2.45) is 0 Å². The number of hydrogen-bond donors (Lipinski definition) is 3. The van der Waals surface area contributed by atoms with Crippen molar-refractivity contribution in [1.82, 2.24) is 15.0 Å². The summed E-state index contributed by atoms with van der Waals surface area (Å²) in [7, 11) is 0. The molecule has 0 aromatic carbocycles. The Balaban J connectivity index is 1.91. The van der Waals surface area contributed by atoms with Crippen LogP contribution in [0.15, 0.2) is 11.4 Å². The first-order valence-electron chi connectivity index (χ1n) is 6.20. The molecule has 0 radical (unpaired) electrons. The van der Waals surface area contributed by atoms with E-state index in [-0.39, 0.29) is 5.95 Å². The number of nitrogen functional groups attached to an aromatic ring is 1. The van der Waals surface area contributed by atoms with Gasteiger partial charge in [0, 0.05) is 36.7 Å². The van der Waals surface area contributed by atoms with Crippen molar-refractivity contribution < 1.29 is 0 Å². The van der Waals surface area contributed by atoms with Gasteiger partial charge in [-0.15, -0.1) is 11.3 Å². The second-order valence-corrected chi connectivity index (χ2v) is 5.03. The van der Waals surface area contributed by atoms with Crippen LogP contribution in [0.1, 0.15) is 17.6 Å². The van der Waals surface area contributed by atoms with Crippen molar-refractivity contribution in [3.63, 3.8) is 0 Å². The van der Waals surface area contributed by atoms with Gasteiger partial charge in [0.2, 0.25) is 5.95 Å². The van der Waals surface area contributed by atoms with Crippen LogP contribution in [0.5, 0.6) is 0 Å². The minimum absolute atomic E-state index is 0.269. The highest BCUT2D eigenvalue weighted by Gasteiger charge is 2.02. The smallest absolute Gasteiger partial charge is 0.223 e. The zero-order chi connectivity index (χ0) is 13.7. The highest BCUT2D eigenvalue weighted by Crippen LogP contribution is 2.13. The summed E-state index contributed by atoms with van der Waals surface area (Å²) in [6, 6.07) is 1.85. The van der Waals surface area contributed by atoms with E-state index in [1.807, 2.05) is 19.9 Å². The molecule has 7 heteroatoms. The van der Waals surface area contributed by atoms with Gasteiger partial charge in [-0.05, 0) is 13.8 Å². The molecule has 6 nitrogen and oxygen atoms in total. The van der Waals surface area contributed by atoms with Crippen LogP contribution in [-0.2, 0) is 6.42 Å². The summed E-state index contributed by atoms with van der Waals surface area (Å²) in [5.74, 6) is 1.74. The predicted octanol–water partition coefficient (Wildman–Crippen LogP) is 1.91. The second kappa shape index (κ2) is 6.33. The van der Waals surface area contributed by atoms with E-state index >= 15 is 0 Å². The van der Waals surface area contributed by atoms with Gasteiger partial charge in [0.05, 0.1) is 5.01 Å². The number of nitrogens with zero attached hydrogens (tertiary/aromatic N) is 3. The van der Waals surface area contributed by atoms with Gasteiger partial charge >= 0.3 is 0 Å². The molecule has 0 bridgehead atoms. The van der Waals surface area contributed by atoms with Crippen LogP contribution < -0.4 is 16.4 Å². The monoisotopic (exact) mass is 278 g/mol. The first-order valence-corrected chi connectivity index (χ1v) is 7.08. The van der Waals surface area contributed by atoms with Crippen molar-refractivity contribution in [2.45, 2.75) is 20.3 Å². The Morgan fingerprint density at radius 1 is 1.21 bits per heavy atom. The summed E-state index contributed by atoms with van der Waals surface area (Å²) in [5.41, 5.74) is 6.73. The lowest BCUT2D eigenvalue weighted by atomic mass is 10.4. The lowest BCUT2D eigenvalue weighted by Gasteiger charge is -2.08. The van der Waals surface area contributed by atoms with Crippen molar-refractivity contribution in [2.75, 3.05) is 29.5 Å². The fourth-order valence-corrected chi connectivity index (χ4v) is 2.42. The molecule has 0 saturated heterocycles. The fourth-order valence-electron chi connectivity index (χ4n) is 1.64. The third-order valence-corrected chi connectivity index (χ3v) is 3.44. The summed E-state index contributed by atoms with van der Waals surface area (Å²) >= 11 is 1.68. The van der Waals surface area contributed by atoms with Crippen LogP contribution in [-0.4, -0.2) is 28.0 Å². The van der Waals surface area contributed by atoms with Gasteiger partial charge in [0.1, 0.15) is 11.6 Å². The van der Waals surface area contributed by atoms with Crippen molar-refractivity contribution in [1.29, 1.82) is 0 Å². The van der Waals surface area contributed by atoms with E-state index in [9.17, 15) is 0 Å². The molecule has 0 unspecified atom stereocenters. The summed E-state index contributed by atoms with van der Waals surface area (Å²) in [4.78, 5) is 12.7. The number of rotatable bonds is 6. The van der Waals surface area contributed by atoms with Gasteiger partial charge < -0.3 is 16.4 Å². The SMILES string of the molecule is CCNc1cc(NCCc2nc(C)cs2)nc(N)n1. The third-order valence-electron chi connectivity index (χ3n) is 2.41. The van der Waals surface area contributed by atoms with Gasteiger partial charge in [-0.3, -0.25) is 0 Å². The Kier molecular flexibility index (Phi) is 4.51. The van der Waals surface area contributed by atoms with Crippen LogP contribution >= 0.6 is 11.3 Å². The average molecular weight is 278 g/mol. The first kappa shape index (κ1) is 13.5. The van der Waals surface area contributed by atoms with Crippen LogP contribution in [0, 0.1) is 6.92 Å². The number of aromatic nitrogens is 3. The molecule has 2 rings (SSSR count). The Morgan fingerprint density at radius 2 is 1.95 bits per heavy atom. The molecule has 2 aromatic heterocycles. The van der Waals surface area contributed by atoms with Crippen LogP contribution in [0.25, 0.3) is 0 Å². The average Bonchev–Trinajstić information content (AvgIpc) is 2.75. The lowest BCUT2D eigenvalue weighted by Crippen LogP contribution is -2.10. The molecule has 19 heavy (non-hydrogen) atoms. The zero-order valence-electron chi connectivity index (χ0n) is 11.1. The van der Waals surface area contributed by atoms with Gasteiger partial charge in [-0.1, -0.05) is 0 Å². The molecule has 2 aromatic rings. The van der Waals surface area contributed by atoms with E-state index in [1.165, 1.54) is 0 Å². The van der Waals surface area contributed by atoms with Crippen LogP contribution in [0.4, 0.5) is 17.6 Å². The minimum atomic E-state index is 0.269. The zero-order valence-corrected chi connectivity index (χ0v) is 11.9. The molecule has 0 aliphatic rings. The van der Waals surface area contributed by atoms with E-state index in [1.54, 1.807) is 11.3 Å². The normalized spacial score (nSPS) is 10.4. The highest BCUT2D eigenvalue weighted by molar-refractivity contribution is 7.09. The number of hydrogen-bond acceptors (Lipinski definition) is 7. The number of thiazole rings is 1. The van der Waals surface area contributed by atoms with Gasteiger partial charge in [-0.25, -0.2) is 4.98 Å². The number of nitrogens with one attached hydrogen (secondary N) is 2. The van der Waals surface area contributed by atoms with Crippen molar-refractivity contribution >= 4 is 28.9 Å². The van der Waals surface area contributed by atoms with E-state index in [4.69, 9.17) is 5.73 Å². The van der Waals surface area contributed by atoms with Crippen molar-refractivity contribution in [3.8, 4) is 0 Å². The first-order chi connectivity index (χ1) is 9.17. The number of aryl methyl sites for hydroxylation is 1. The molecular weight excluding hydrogens is 260 g/mol. The molecule has 0 aliphatic carbocycles. The summed E-state index contributed by atoms with van der Waals surface area (Å²) in [6.45, 7) is 5.58. The maximum atomic E-state index is 5.66. The molecule has 102 valence electrons. The highest BCUT2D eigenvalue weighted by atomic mass is 32.1. The van der Waals surface area contributed by atoms with E-state index in [2.05, 4.69) is 31.0 Å². The molecule has 4 N–H and O–H groups in total. The molecule has 0 saturated carbocycles. The quantitative estimate of drug-likeness (QED) is 0.748. The third kappa shape index (κ3) is 4.06. The maximum absolute atomic E-state index is 5.66. The fraction of sp³-hybridized carbons (Fsp3) is 0.417. The van der Waals surface area contributed by atoms with Gasteiger partial charge in [0.25, 0.3) is 0 Å². The second-order valence-electron chi connectivity index (χ2n) is 4.09. The maximum Gasteiger partial charge on any atom is 0.223 e. The van der Waals surface area contributed by atoms with E-state index in [0.717, 1.165) is 41.8 Å². The largest absolute Gasteiger partial charge is 0.370 e. The summed E-state index contributed by atoms with van der Waals surface area (Å²) < 4.78 is 0. The minimum Gasteiger partial charge on any atom is -0.370 e. The molecule has 0 amide bonds. The van der Waals surface area contributed by atoms with Crippen LogP contribution in [0.3, 0.4) is 0 Å². The van der Waals surface area contributed by atoms with E-state index < -0.39 is 0 Å². The Labute approximate surface area is 116 Å². The number of nitrogens with two attached hydrogens (primary N) is 1. The molecule has 2 heterocycles. The Hall–Kier alpha value is -1.89. The Morgan fingerprint density at radius 3 is 2.58 bits per heavy atom. The molecule has 0 atom stereocenters. The summed E-state index contributed by atoms with van der Waals surface area (Å²) in [6.07, 6.45) is 0.874. The van der Waals surface area contributed by atoms with Crippen LogP contribution in [0.2, 0.25) is 0 Å². The van der Waals surface area contributed by atoms with Gasteiger partial charge in [0.15, 0.2) is 0 Å². The molecule has 0 aliphatic heterocycles. The lowest BCUT2D eigenvalue weighted by molar-refractivity contribution is 0.974. The Bertz CT molecular complexity index is 539.